The summed E-state index contributed by atoms with van der Waals surface area (Å²) in [6, 6.07) is 6.62. The van der Waals surface area contributed by atoms with E-state index in [4.69, 9.17) is 20.8 Å². The predicted octanol–water partition coefficient (Wildman–Crippen LogP) is 3.48. The Hall–Kier alpha value is -1.74. The van der Waals surface area contributed by atoms with Crippen LogP contribution in [0.25, 0.3) is 0 Å². The van der Waals surface area contributed by atoms with Crippen molar-refractivity contribution in [3.8, 4) is 5.75 Å². The van der Waals surface area contributed by atoms with E-state index < -0.39 is 0 Å². The van der Waals surface area contributed by atoms with Gasteiger partial charge < -0.3 is 9.15 Å². The van der Waals surface area contributed by atoms with Crippen LogP contribution in [0, 0.1) is 6.92 Å². The Bertz CT molecular complexity index is 558. The van der Waals surface area contributed by atoms with E-state index in [9.17, 15) is 4.79 Å². The van der Waals surface area contributed by atoms with E-state index >= 15 is 0 Å². The second kappa shape index (κ2) is 4.63. The molecule has 1 aromatic carbocycles. The highest BCUT2D eigenvalue weighted by Gasteiger charge is 2.16. The van der Waals surface area contributed by atoms with Gasteiger partial charge in [-0.15, -0.1) is 0 Å². The maximum atomic E-state index is 12.2. The maximum Gasteiger partial charge on any atom is 0.200 e. The van der Waals surface area contributed by atoms with Gasteiger partial charge in [-0.3, -0.25) is 4.79 Å². The van der Waals surface area contributed by atoms with Crippen LogP contribution in [0.1, 0.15) is 21.7 Å². The van der Waals surface area contributed by atoms with Gasteiger partial charge in [0.15, 0.2) is 5.78 Å². The lowest BCUT2D eigenvalue weighted by molar-refractivity contribution is 0.103. The second-order valence-electron chi connectivity index (χ2n) is 3.62. The van der Waals surface area contributed by atoms with E-state index in [0.29, 0.717) is 27.7 Å². The maximum absolute atomic E-state index is 12.2. The van der Waals surface area contributed by atoms with Gasteiger partial charge in [0.2, 0.25) is 0 Å². The van der Waals surface area contributed by atoms with E-state index in [1.807, 2.05) is 0 Å². The van der Waals surface area contributed by atoms with Gasteiger partial charge in [-0.25, -0.2) is 0 Å². The molecule has 2 rings (SSSR count). The standard InChI is InChI=1S/C13H11ClO3/c1-8-5-9(7-17-8)13(15)11-6-10(14)3-4-12(11)16-2/h3-7H,1-2H3. The van der Waals surface area contributed by atoms with Gasteiger partial charge in [-0.2, -0.15) is 0 Å². The number of rotatable bonds is 3. The molecular weight excluding hydrogens is 240 g/mol. The first-order chi connectivity index (χ1) is 8.11. The molecule has 4 heteroatoms. The summed E-state index contributed by atoms with van der Waals surface area (Å²) in [7, 11) is 1.51. The van der Waals surface area contributed by atoms with Crippen LogP contribution in [0.5, 0.6) is 5.75 Å². The SMILES string of the molecule is COc1ccc(Cl)cc1C(=O)c1coc(C)c1. The van der Waals surface area contributed by atoms with Crippen molar-refractivity contribution < 1.29 is 13.9 Å². The molecule has 17 heavy (non-hydrogen) atoms. The summed E-state index contributed by atoms with van der Waals surface area (Å²) >= 11 is 5.88. The Balaban J connectivity index is 2.46. The van der Waals surface area contributed by atoms with E-state index in [0.717, 1.165) is 0 Å². The van der Waals surface area contributed by atoms with Crippen molar-refractivity contribution >= 4 is 17.4 Å². The van der Waals surface area contributed by atoms with Crippen LogP contribution < -0.4 is 4.74 Å². The van der Waals surface area contributed by atoms with Crippen LogP contribution in [-0.4, -0.2) is 12.9 Å². The number of benzene rings is 1. The van der Waals surface area contributed by atoms with E-state index in [2.05, 4.69) is 0 Å². The summed E-state index contributed by atoms with van der Waals surface area (Å²) in [5, 5.41) is 0.495. The van der Waals surface area contributed by atoms with Gasteiger partial charge in [0.25, 0.3) is 0 Å². The number of hydrogen-bond acceptors (Lipinski definition) is 3. The van der Waals surface area contributed by atoms with Crippen molar-refractivity contribution in [3.05, 3.63) is 52.4 Å². The van der Waals surface area contributed by atoms with Crippen molar-refractivity contribution in [1.82, 2.24) is 0 Å². The molecule has 0 saturated carbocycles. The molecule has 0 aliphatic rings. The Morgan fingerprint density at radius 3 is 2.71 bits per heavy atom. The monoisotopic (exact) mass is 250 g/mol. The van der Waals surface area contributed by atoms with Gasteiger partial charge >= 0.3 is 0 Å². The van der Waals surface area contributed by atoms with Gasteiger partial charge in [0, 0.05) is 5.02 Å². The first-order valence-corrected chi connectivity index (χ1v) is 5.43. The van der Waals surface area contributed by atoms with E-state index in [1.54, 1.807) is 31.2 Å². The molecule has 0 saturated heterocycles. The van der Waals surface area contributed by atoms with Crippen molar-refractivity contribution in [2.75, 3.05) is 7.11 Å². The number of ketones is 1. The van der Waals surface area contributed by atoms with Crippen LogP contribution in [0.15, 0.2) is 34.9 Å². The fourth-order valence-corrected chi connectivity index (χ4v) is 1.75. The molecule has 0 aliphatic carbocycles. The number of hydrogen-bond donors (Lipinski definition) is 0. The minimum atomic E-state index is -0.166. The summed E-state index contributed by atoms with van der Waals surface area (Å²) in [5.41, 5.74) is 0.920. The molecule has 1 aromatic heterocycles. The Morgan fingerprint density at radius 1 is 1.35 bits per heavy atom. The fourth-order valence-electron chi connectivity index (χ4n) is 1.58. The summed E-state index contributed by atoms with van der Waals surface area (Å²) in [4.78, 5) is 12.2. The van der Waals surface area contributed by atoms with Crippen molar-refractivity contribution in [3.63, 3.8) is 0 Å². The molecule has 3 nitrogen and oxygen atoms in total. The molecule has 2 aromatic rings. The van der Waals surface area contributed by atoms with Crippen molar-refractivity contribution in [2.45, 2.75) is 6.92 Å². The highest BCUT2D eigenvalue weighted by atomic mass is 35.5. The number of halogens is 1. The van der Waals surface area contributed by atoms with Gasteiger partial charge in [-0.1, -0.05) is 11.6 Å². The minimum Gasteiger partial charge on any atom is -0.496 e. The Morgan fingerprint density at radius 2 is 2.12 bits per heavy atom. The highest BCUT2D eigenvalue weighted by molar-refractivity contribution is 6.31. The molecule has 0 amide bonds. The number of carbonyl (C=O) groups excluding carboxylic acids is 1. The molecule has 0 atom stereocenters. The molecule has 0 radical (unpaired) electrons. The van der Waals surface area contributed by atoms with Crippen LogP contribution in [0.3, 0.4) is 0 Å². The number of aryl methyl sites for hydroxylation is 1. The first kappa shape index (κ1) is 11.7. The first-order valence-electron chi connectivity index (χ1n) is 5.05. The zero-order valence-corrected chi connectivity index (χ0v) is 10.2. The lowest BCUT2D eigenvalue weighted by atomic mass is 10.0. The molecular formula is C13H11ClO3. The largest absolute Gasteiger partial charge is 0.496 e. The van der Waals surface area contributed by atoms with Crippen molar-refractivity contribution in [2.24, 2.45) is 0 Å². The summed E-state index contributed by atoms with van der Waals surface area (Å²) < 4.78 is 10.3. The molecule has 0 unspecified atom stereocenters. The normalized spacial score (nSPS) is 10.3. The lowest BCUT2D eigenvalue weighted by Gasteiger charge is -2.06. The zero-order valence-electron chi connectivity index (χ0n) is 9.49. The number of methoxy groups -OCH3 is 1. The van der Waals surface area contributed by atoms with E-state index in [1.165, 1.54) is 13.4 Å². The quantitative estimate of drug-likeness (QED) is 0.783. The minimum absolute atomic E-state index is 0.166. The molecule has 0 fully saturated rings. The average molecular weight is 251 g/mol. The van der Waals surface area contributed by atoms with Gasteiger partial charge in [0.1, 0.15) is 17.8 Å². The van der Waals surface area contributed by atoms with Crippen LogP contribution >= 0.6 is 11.6 Å². The van der Waals surface area contributed by atoms with Crippen LogP contribution in [0.4, 0.5) is 0 Å². The molecule has 1 heterocycles. The van der Waals surface area contributed by atoms with Crippen LogP contribution in [-0.2, 0) is 0 Å². The molecule has 0 N–H and O–H groups in total. The molecule has 0 bridgehead atoms. The highest BCUT2D eigenvalue weighted by Crippen LogP contribution is 2.25. The molecule has 88 valence electrons. The molecule has 0 aliphatic heterocycles. The Labute approximate surface area is 104 Å². The van der Waals surface area contributed by atoms with Crippen molar-refractivity contribution in [1.29, 1.82) is 0 Å². The third-order valence-electron chi connectivity index (χ3n) is 2.40. The third kappa shape index (κ3) is 2.34. The molecule has 0 spiro atoms. The number of furan rings is 1. The summed E-state index contributed by atoms with van der Waals surface area (Å²) in [5.74, 6) is 1.02. The van der Waals surface area contributed by atoms with E-state index in [-0.39, 0.29) is 5.78 Å². The van der Waals surface area contributed by atoms with Crippen LogP contribution in [0.2, 0.25) is 5.02 Å². The lowest BCUT2D eigenvalue weighted by Crippen LogP contribution is -2.02. The predicted molar refractivity (Wildman–Crippen MR) is 64.9 cm³/mol. The Kier molecular flexibility index (Phi) is 3.20. The summed E-state index contributed by atoms with van der Waals surface area (Å²) in [6.45, 7) is 1.78. The summed E-state index contributed by atoms with van der Waals surface area (Å²) in [6.07, 6.45) is 1.43. The van der Waals surface area contributed by atoms with Gasteiger partial charge in [0.05, 0.1) is 18.2 Å². The average Bonchev–Trinajstić information content (AvgIpc) is 2.75. The number of ether oxygens (including phenoxy) is 1. The zero-order chi connectivity index (χ0) is 12.4. The second-order valence-corrected chi connectivity index (χ2v) is 4.06. The topological polar surface area (TPSA) is 39.4 Å². The fraction of sp³-hybridized carbons (Fsp3) is 0.154. The number of carbonyl (C=O) groups is 1. The smallest absolute Gasteiger partial charge is 0.200 e. The van der Waals surface area contributed by atoms with Gasteiger partial charge in [-0.05, 0) is 31.2 Å². The third-order valence-corrected chi connectivity index (χ3v) is 2.63.